The molecule has 19 heavy (non-hydrogen) atoms. The van der Waals surface area contributed by atoms with Gasteiger partial charge in [-0.25, -0.2) is 4.98 Å². The van der Waals surface area contributed by atoms with Crippen LogP contribution in [-0.4, -0.2) is 14.5 Å². The van der Waals surface area contributed by atoms with Crippen LogP contribution in [0, 0.1) is 11.7 Å². The summed E-state index contributed by atoms with van der Waals surface area (Å²) in [6, 6.07) is 8.06. The number of thiophene rings is 1. The molecule has 1 unspecified atom stereocenters. The van der Waals surface area contributed by atoms with Crippen molar-refractivity contribution in [2.75, 3.05) is 0 Å². The van der Waals surface area contributed by atoms with E-state index in [9.17, 15) is 0 Å². The highest BCUT2D eigenvalue weighted by Crippen LogP contribution is 2.31. The molecule has 3 heterocycles. The van der Waals surface area contributed by atoms with Crippen LogP contribution in [0.3, 0.4) is 0 Å². The molecular formula is C13H12ClN3S2. The van der Waals surface area contributed by atoms with Crippen LogP contribution in [0.15, 0.2) is 24.3 Å². The zero-order valence-electron chi connectivity index (χ0n) is 10.5. The monoisotopic (exact) mass is 309 g/mol. The van der Waals surface area contributed by atoms with Crippen LogP contribution in [0.1, 0.15) is 23.5 Å². The molecule has 0 aliphatic rings. The minimum absolute atomic E-state index is 0.119. The molecule has 0 saturated heterocycles. The van der Waals surface area contributed by atoms with Gasteiger partial charge < -0.3 is 4.98 Å². The predicted octanol–water partition coefficient (Wildman–Crippen LogP) is 4.73. The normalized spacial score (nSPS) is 13.0. The summed E-state index contributed by atoms with van der Waals surface area (Å²) < 4.78 is 3.52. The highest BCUT2D eigenvalue weighted by atomic mass is 35.5. The Bertz CT molecular complexity index is 800. The molecule has 0 aliphatic carbocycles. The molecule has 3 aromatic rings. The first-order valence-corrected chi connectivity index (χ1v) is 7.49. The summed E-state index contributed by atoms with van der Waals surface area (Å²) in [5.74, 6) is 0. The van der Waals surface area contributed by atoms with Gasteiger partial charge in [0.2, 0.25) is 0 Å². The van der Waals surface area contributed by atoms with Crippen LogP contribution in [0.2, 0.25) is 4.34 Å². The highest BCUT2D eigenvalue weighted by Gasteiger charge is 2.15. The Balaban J connectivity index is 2.21. The topological polar surface area (TPSA) is 33.6 Å². The first-order valence-electron chi connectivity index (χ1n) is 5.89. The van der Waals surface area contributed by atoms with Gasteiger partial charge in [-0.1, -0.05) is 11.6 Å². The van der Waals surface area contributed by atoms with E-state index in [1.807, 2.05) is 35.8 Å². The summed E-state index contributed by atoms with van der Waals surface area (Å²) in [6.45, 7) is 4.09. The first kappa shape index (κ1) is 12.8. The Kier molecular flexibility index (Phi) is 3.20. The van der Waals surface area contributed by atoms with Gasteiger partial charge in [0.25, 0.3) is 0 Å². The Hall–Kier alpha value is -1.17. The van der Waals surface area contributed by atoms with Crippen molar-refractivity contribution in [3.8, 4) is 0 Å². The highest BCUT2D eigenvalue weighted by molar-refractivity contribution is 7.71. The fourth-order valence-corrected chi connectivity index (χ4v) is 3.59. The fourth-order valence-electron chi connectivity index (χ4n) is 2.14. The summed E-state index contributed by atoms with van der Waals surface area (Å²) in [5.41, 5.74) is 2.83. The number of pyridine rings is 1. The third-order valence-electron chi connectivity index (χ3n) is 3.10. The molecule has 0 spiro atoms. The van der Waals surface area contributed by atoms with Crippen molar-refractivity contribution in [1.82, 2.24) is 14.5 Å². The molecule has 0 radical (unpaired) electrons. The van der Waals surface area contributed by atoms with Gasteiger partial charge in [0, 0.05) is 10.6 Å². The van der Waals surface area contributed by atoms with E-state index < -0.39 is 0 Å². The van der Waals surface area contributed by atoms with E-state index in [1.54, 1.807) is 11.3 Å². The van der Waals surface area contributed by atoms with Gasteiger partial charge in [0.15, 0.2) is 10.4 Å². The van der Waals surface area contributed by atoms with Crippen molar-refractivity contribution in [3.05, 3.63) is 43.9 Å². The van der Waals surface area contributed by atoms with Crippen molar-refractivity contribution in [2.24, 2.45) is 0 Å². The minimum atomic E-state index is 0.119. The third kappa shape index (κ3) is 2.22. The molecule has 6 heteroatoms. The summed E-state index contributed by atoms with van der Waals surface area (Å²) in [4.78, 5) is 8.96. The predicted molar refractivity (Wildman–Crippen MR) is 82.8 cm³/mol. The van der Waals surface area contributed by atoms with Crippen LogP contribution in [-0.2, 0) is 0 Å². The number of rotatable bonds is 2. The molecule has 98 valence electrons. The Morgan fingerprint density at radius 1 is 1.37 bits per heavy atom. The van der Waals surface area contributed by atoms with E-state index in [0.29, 0.717) is 4.77 Å². The van der Waals surface area contributed by atoms with Crippen LogP contribution in [0.25, 0.3) is 11.2 Å². The molecule has 0 aliphatic heterocycles. The number of aromatic nitrogens is 3. The maximum Gasteiger partial charge on any atom is 0.179 e. The number of nitrogens with one attached hydrogen (secondary N) is 1. The number of hydrogen-bond acceptors (Lipinski definition) is 3. The van der Waals surface area contributed by atoms with E-state index in [4.69, 9.17) is 23.8 Å². The number of nitrogens with zero attached hydrogens (tertiary/aromatic N) is 2. The molecule has 0 bridgehead atoms. The summed E-state index contributed by atoms with van der Waals surface area (Å²) in [6.07, 6.45) is 0. The van der Waals surface area contributed by atoms with Gasteiger partial charge in [-0.3, -0.25) is 4.57 Å². The van der Waals surface area contributed by atoms with Crippen molar-refractivity contribution in [3.63, 3.8) is 0 Å². The third-order valence-corrected chi connectivity index (χ3v) is 4.80. The number of hydrogen-bond donors (Lipinski definition) is 1. The smallest absolute Gasteiger partial charge is 0.179 e. The lowest BCUT2D eigenvalue weighted by molar-refractivity contribution is 0.654. The first-order chi connectivity index (χ1) is 9.06. The lowest BCUT2D eigenvalue weighted by Gasteiger charge is -2.12. The number of aromatic amines is 1. The average Bonchev–Trinajstić information content (AvgIpc) is 2.91. The van der Waals surface area contributed by atoms with Crippen LogP contribution in [0.5, 0.6) is 0 Å². The van der Waals surface area contributed by atoms with Gasteiger partial charge in [-0.2, -0.15) is 0 Å². The molecule has 0 fully saturated rings. The fraction of sp³-hybridized carbons (Fsp3) is 0.231. The van der Waals surface area contributed by atoms with Crippen LogP contribution >= 0.6 is 35.2 Å². The summed E-state index contributed by atoms with van der Waals surface area (Å²) in [5, 5.41) is 0. The van der Waals surface area contributed by atoms with E-state index in [2.05, 4.69) is 16.9 Å². The number of aryl methyl sites for hydroxylation is 1. The van der Waals surface area contributed by atoms with Crippen molar-refractivity contribution in [1.29, 1.82) is 0 Å². The zero-order chi connectivity index (χ0) is 13.6. The SMILES string of the molecule is Cc1ccc2[nH]c(=S)n(C(C)c3ccc(Cl)s3)c2n1. The molecule has 1 N–H and O–H groups in total. The quantitative estimate of drug-likeness (QED) is 0.694. The van der Waals surface area contributed by atoms with E-state index in [1.165, 1.54) is 4.88 Å². The van der Waals surface area contributed by atoms with Crippen LogP contribution < -0.4 is 0 Å². The van der Waals surface area contributed by atoms with Gasteiger partial charge in [0.05, 0.1) is 15.9 Å². The van der Waals surface area contributed by atoms with E-state index in [0.717, 1.165) is 21.2 Å². The number of imidazole rings is 1. The second-order valence-electron chi connectivity index (χ2n) is 4.44. The molecule has 3 rings (SSSR count). The molecule has 3 nitrogen and oxygen atoms in total. The maximum atomic E-state index is 6.01. The van der Waals surface area contributed by atoms with E-state index >= 15 is 0 Å². The van der Waals surface area contributed by atoms with Gasteiger partial charge in [-0.05, 0) is 50.3 Å². The Labute approximate surface area is 124 Å². The molecule has 0 amide bonds. The summed E-state index contributed by atoms with van der Waals surface area (Å²) >= 11 is 13.0. The van der Waals surface area contributed by atoms with Gasteiger partial charge >= 0.3 is 0 Å². The van der Waals surface area contributed by atoms with Gasteiger partial charge in [-0.15, -0.1) is 11.3 Å². The van der Waals surface area contributed by atoms with Crippen LogP contribution in [0.4, 0.5) is 0 Å². The molecule has 3 aromatic heterocycles. The maximum absolute atomic E-state index is 6.01. The lowest BCUT2D eigenvalue weighted by Crippen LogP contribution is -2.06. The minimum Gasteiger partial charge on any atom is -0.329 e. The zero-order valence-corrected chi connectivity index (χ0v) is 12.9. The molecule has 0 aromatic carbocycles. The number of H-pyrrole nitrogens is 1. The van der Waals surface area contributed by atoms with Crippen molar-refractivity contribution < 1.29 is 0 Å². The second-order valence-corrected chi connectivity index (χ2v) is 6.58. The van der Waals surface area contributed by atoms with Gasteiger partial charge in [0.1, 0.15) is 0 Å². The Morgan fingerprint density at radius 3 is 2.84 bits per heavy atom. The molecular weight excluding hydrogens is 298 g/mol. The standard InChI is InChI=1S/C13H12ClN3S2/c1-7-3-4-9-12(15-7)17(13(18)16-9)8(2)10-5-6-11(14)19-10/h3-6,8H,1-2H3,(H,16,18). The molecule has 0 saturated carbocycles. The number of halogens is 1. The Morgan fingerprint density at radius 2 is 2.16 bits per heavy atom. The lowest BCUT2D eigenvalue weighted by atomic mass is 10.2. The van der Waals surface area contributed by atoms with Crippen molar-refractivity contribution in [2.45, 2.75) is 19.9 Å². The van der Waals surface area contributed by atoms with E-state index in [-0.39, 0.29) is 6.04 Å². The average molecular weight is 310 g/mol. The second kappa shape index (κ2) is 4.74. The summed E-state index contributed by atoms with van der Waals surface area (Å²) in [7, 11) is 0. The number of fused-ring (bicyclic) bond motifs is 1. The largest absolute Gasteiger partial charge is 0.329 e. The van der Waals surface area contributed by atoms with Crippen molar-refractivity contribution >= 4 is 46.3 Å². The molecule has 1 atom stereocenters.